The van der Waals surface area contributed by atoms with Gasteiger partial charge in [-0.05, 0) is 18.2 Å². The Kier molecular flexibility index (Phi) is 3.74. The number of hydrogen-bond donors (Lipinski definition) is 2. The molecule has 0 saturated carbocycles. The molecule has 7 heteroatoms. The molecule has 0 saturated heterocycles. The molecule has 0 aliphatic heterocycles. The van der Waals surface area contributed by atoms with Crippen molar-refractivity contribution in [2.24, 2.45) is 5.84 Å². The third-order valence-corrected chi connectivity index (χ3v) is 3.92. The third kappa shape index (κ3) is 2.26. The number of sulfonamides is 1. The molecule has 3 N–H and O–H groups in total. The maximum atomic E-state index is 11.8. The Hall–Kier alpha value is -1.31. The molecular formula is C9H15N3O3S. The van der Waals surface area contributed by atoms with Gasteiger partial charge in [0.2, 0.25) is 10.0 Å². The summed E-state index contributed by atoms with van der Waals surface area (Å²) < 4.78 is 29.8. The molecule has 0 heterocycles. The summed E-state index contributed by atoms with van der Waals surface area (Å²) in [6.45, 7) is 0. The number of benzene rings is 1. The zero-order valence-electron chi connectivity index (χ0n) is 9.39. The van der Waals surface area contributed by atoms with Gasteiger partial charge in [-0.2, -0.15) is 0 Å². The van der Waals surface area contributed by atoms with Crippen LogP contribution in [0.2, 0.25) is 0 Å². The molecule has 0 atom stereocenters. The van der Waals surface area contributed by atoms with E-state index in [1.165, 1.54) is 33.3 Å². The van der Waals surface area contributed by atoms with E-state index >= 15 is 0 Å². The first-order valence-corrected chi connectivity index (χ1v) is 5.94. The predicted molar refractivity (Wildman–Crippen MR) is 61.7 cm³/mol. The highest BCUT2D eigenvalue weighted by molar-refractivity contribution is 7.89. The Morgan fingerprint density at radius 1 is 1.38 bits per heavy atom. The molecule has 6 nitrogen and oxygen atoms in total. The molecule has 0 aliphatic rings. The summed E-state index contributed by atoms with van der Waals surface area (Å²) in [5.74, 6) is 5.76. The minimum Gasteiger partial charge on any atom is -0.495 e. The molecule has 0 fully saturated rings. The maximum Gasteiger partial charge on any atom is 0.242 e. The standard InChI is InChI=1S/C9H15N3O3S/c1-12(2)16(13,14)7-4-5-9(15-3)8(6-7)11-10/h4-6,11H,10H2,1-3H3. The number of nitrogens with one attached hydrogen (secondary N) is 1. The molecule has 0 aromatic heterocycles. The van der Waals surface area contributed by atoms with Gasteiger partial charge in [0.1, 0.15) is 5.75 Å². The summed E-state index contributed by atoms with van der Waals surface area (Å²) in [7, 11) is 0.965. The van der Waals surface area contributed by atoms with E-state index in [1.807, 2.05) is 0 Å². The fraction of sp³-hybridized carbons (Fsp3) is 0.333. The van der Waals surface area contributed by atoms with Gasteiger partial charge in [0.25, 0.3) is 0 Å². The lowest BCUT2D eigenvalue weighted by Crippen LogP contribution is -2.22. The normalized spacial score (nSPS) is 11.6. The smallest absolute Gasteiger partial charge is 0.242 e. The highest BCUT2D eigenvalue weighted by Gasteiger charge is 2.18. The second-order valence-corrected chi connectivity index (χ2v) is 5.45. The Morgan fingerprint density at radius 3 is 2.44 bits per heavy atom. The van der Waals surface area contributed by atoms with Crippen LogP contribution in [-0.2, 0) is 10.0 Å². The van der Waals surface area contributed by atoms with E-state index in [1.54, 1.807) is 6.07 Å². The van der Waals surface area contributed by atoms with E-state index < -0.39 is 10.0 Å². The van der Waals surface area contributed by atoms with Crippen molar-refractivity contribution in [2.45, 2.75) is 4.90 Å². The highest BCUT2D eigenvalue weighted by atomic mass is 32.2. The van der Waals surface area contributed by atoms with Crippen LogP contribution in [0, 0.1) is 0 Å². The summed E-state index contributed by atoms with van der Waals surface area (Å²) in [6.07, 6.45) is 0. The average Bonchev–Trinajstić information content (AvgIpc) is 2.27. The minimum atomic E-state index is -3.45. The van der Waals surface area contributed by atoms with E-state index in [2.05, 4.69) is 5.43 Å². The summed E-state index contributed by atoms with van der Waals surface area (Å²) in [5.41, 5.74) is 2.81. The molecule has 1 aromatic carbocycles. The van der Waals surface area contributed by atoms with Gasteiger partial charge in [0.05, 0.1) is 17.7 Å². The fourth-order valence-electron chi connectivity index (χ4n) is 1.17. The van der Waals surface area contributed by atoms with Crippen molar-refractivity contribution in [1.29, 1.82) is 0 Å². The van der Waals surface area contributed by atoms with Crippen molar-refractivity contribution in [3.8, 4) is 5.75 Å². The number of methoxy groups -OCH3 is 1. The maximum absolute atomic E-state index is 11.8. The monoisotopic (exact) mass is 245 g/mol. The first kappa shape index (κ1) is 12.8. The van der Waals surface area contributed by atoms with Crippen LogP contribution in [0.5, 0.6) is 5.75 Å². The largest absolute Gasteiger partial charge is 0.495 e. The molecule has 1 aromatic rings. The molecule has 0 spiro atoms. The van der Waals surface area contributed by atoms with E-state index in [-0.39, 0.29) is 4.90 Å². The van der Waals surface area contributed by atoms with Crippen LogP contribution < -0.4 is 16.0 Å². The van der Waals surface area contributed by atoms with Crippen molar-refractivity contribution >= 4 is 15.7 Å². The second kappa shape index (κ2) is 4.69. The van der Waals surface area contributed by atoms with Crippen LogP contribution in [0.25, 0.3) is 0 Å². The van der Waals surface area contributed by atoms with Crippen LogP contribution in [0.3, 0.4) is 0 Å². The quantitative estimate of drug-likeness (QED) is 0.586. The first-order valence-electron chi connectivity index (χ1n) is 4.50. The minimum absolute atomic E-state index is 0.159. The number of hydrogen-bond acceptors (Lipinski definition) is 5. The van der Waals surface area contributed by atoms with Gasteiger partial charge in [-0.1, -0.05) is 0 Å². The molecule has 16 heavy (non-hydrogen) atoms. The van der Waals surface area contributed by atoms with Gasteiger partial charge in [-0.25, -0.2) is 12.7 Å². The lowest BCUT2D eigenvalue weighted by Gasteiger charge is -2.14. The number of ether oxygens (including phenoxy) is 1. The van der Waals surface area contributed by atoms with Gasteiger partial charge in [0, 0.05) is 14.1 Å². The number of nitrogens with two attached hydrogens (primary N) is 1. The van der Waals surface area contributed by atoms with Crippen molar-refractivity contribution in [1.82, 2.24) is 4.31 Å². The number of nitrogens with zero attached hydrogens (tertiary/aromatic N) is 1. The lowest BCUT2D eigenvalue weighted by atomic mass is 10.3. The second-order valence-electron chi connectivity index (χ2n) is 3.29. The van der Waals surface area contributed by atoms with Crippen LogP contribution in [-0.4, -0.2) is 33.9 Å². The number of rotatable bonds is 4. The fourth-order valence-corrected chi connectivity index (χ4v) is 2.10. The third-order valence-electron chi connectivity index (χ3n) is 2.11. The average molecular weight is 245 g/mol. The van der Waals surface area contributed by atoms with E-state index in [4.69, 9.17) is 10.6 Å². The molecule has 90 valence electrons. The number of nitrogen functional groups attached to an aromatic ring is 1. The van der Waals surface area contributed by atoms with Crippen molar-refractivity contribution in [3.05, 3.63) is 18.2 Å². The van der Waals surface area contributed by atoms with Crippen LogP contribution in [0.1, 0.15) is 0 Å². The SMILES string of the molecule is COc1ccc(S(=O)(=O)N(C)C)cc1NN. The predicted octanol–water partition coefficient (Wildman–Crippen LogP) is 0.231. The Balaban J connectivity index is 3.29. The van der Waals surface area contributed by atoms with Gasteiger partial charge < -0.3 is 10.2 Å². The molecule has 0 radical (unpaired) electrons. The molecule has 1 rings (SSSR count). The summed E-state index contributed by atoms with van der Waals surface area (Å²) in [5, 5.41) is 0. The van der Waals surface area contributed by atoms with Crippen LogP contribution in [0.15, 0.2) is 23.1 Å². The van der Waals surface area contributed by atoms with Crippen LogP contribution in [0.4, 0.5) is 5.69 Å². The zero-order chi connectivity index (χ0) is 12.3. The molecule has 0 unspecified atom stereocenters. The zero-order valence-corrected chi connectivity index (χ0v) is 10.2. The molecule has 0 bridgehead atoms. The van der Waals surface area contributed by atoms with Gasteiger partial charge in [0.15, 0.2) is 0 Å². The Morgan fingerprint density at radius 2 is 2.00 bits per heavy atom. The molecular weight excluding hydrogens is 230 g/mol. The first-order chi connectivity index (χ1) is 7.43. The molecule has 0 amide bonds. The molecule has 0 aliphatic carbocycles. The van der Waals surface area contributed by atoms with E-state index in [9.17, 15) is 8.42 Å². The Bertz CT molecular complexity index is 471. The summed E-state index contributed by atoms with van der Waals surface area (Å²) in [6, 6.07) is 4.44. The summed E-state index contributed by atoms with van der Waals surface area (Å²) in [4.78, 5) is 0.159. The van der Waals surface area contributed by atoms with Crippen molar-refractivity contribution in [2.75, 3.05) is 26.6 Å². The van der Waals surface area contributed by atoms with Crippen molar-refractivity contribution < 1.29 is 13.2 Å². The van der Waals surface area contributed by atoms with E-state index in [0.29, 0.717) is 11.4 Å². The van der Waals surface area contributed by atoms with Crippen LogP contribution >= 0.6 is 0 Å². The summed E-state index contributed by atoms with van der Waals surface area (Å²) >= 11 is 0. The van der Waals surface area contributed by atoms with Gasteiger partial charge in [-0.3, -0.25) is 5.84 Å². The van der Waals surface area contributed by atoms with Gasteiger partial charge in [-0.15, -0.1) is 0 Å². The van der Waals surface area contributed by atoms with E-state index in [0.717, 1.165) is 4.31 Å². The van der Waals surface area contributed by atoms with Crippen molar-refractivity contribution in [3.63, 3.8) is 0 Å². The lowest BCUT2D eigenvalue weighted by molar-refractivity contribution is 0.416. The highest BCUT2D eigenvalue weighted by Crippen LogP contribution is 2.27. The number of anilines is 1. The van der Waals surface area contributed by atoms with Gasteiger partial charge >= 0.3 is 0 Å². The Labute approximate surface area is 95.0 Å². The number of hydrazine groups is 1. The topological polar surface area (TPSA) is 84.7 Å².